The molecular formula is C10H14N4O4. The fraction of sp³-hybridized carbons (Fsp3) is 0.600. The molecular weight excluding hydrogens is 240 g/mol. The summed E-state index contributed by atoms with van der Waals surface area (Å²) in [5.74, 6) is -0.00822. The first-order valence-corrected chi connectivity index (χ1v) is 5.43. The average molecular weight is 254 g/mol. The van der Waals surface area contributed by atoms with Crippen molar-refractivity contribution >= 4 is 12.1 Å². The standard InChI is InChI=1S/C10H14N4O4/c1-10(2)8(5-13(10)6-15)18-9-7(14(16)17)4-12(3)11-9/h4,6,8H,5H2,1-3H3. The third kappa shape index (κ3) is 1.79. The molecule has 0 N–H and O–H groups in total. The highest BCUT2D eigenvalue weighted by Gasteiger charge is 2.48. The first-order valence-electron chi connectivity index (χ1n) is 5.43. The van der Waals surface area contributed by atoms with Crippen LogP contribution in [0.4, 0.5) is 5.69 Å². The summed E-state index contributed by atoms with van der Waals surface area (Å²) in [6.45, 7) is 4.08. The number of ether oxygens (including phenoxy) is 1. The van der Waals surface area contributed by atoms with Crippen molar-refractivity contribution in [3.8, 4) is 5.88 Å². The van der Waals surface area contributed by atoms with Crippen LogP contribution in [0.1, 0.15) is 13.8 Å². The normalized spacial score (nSPS) is 21.3. The summed E-state index contributed by atoms with van der Waals surface area (Å²) in [7, 11) is 1.59. The largest absolute Gasteiger partial charge is 0.464 e. The third-order valence-electron chi connectivity index (χ3n) is 3.25. The van der Waals surface area contributed by atoms with Gasteiger partial charge in [0.15, 0.2) is 0 Å². The fourth-order valence-electron chi connectivity index (χ4n) is 1.87. The molecule has 0 spiro atoms. The van der Waals surface area contributed by atoms with Crippen LogP contribution in [0.3, 0.4) is 0 Å². The molecule has 0 aromatic carbocycles. The predicted octanol–water partition coefficient (Wildman–Crippen LogP) is 0.326. The Morgan fingerprint density at radius 1 is 1.67 bits per heavy atom. The van der Waals surface area contributed by atoms with Gasteiger partial charge in [-0.1, -0.05) is 0 Å². The van der Waals surface area contributed by atoms with Gasteiger partial charge in [0.1, 0.15) is 12.3 Å². The van der Waals surface area contributed by atoms with Crippen molar-refractivity contribution < 1.29 is 14.5 Å². The van der Waals surface area contributed by atoms with E-state index in [-0.39, 0.29) is 17.7 Å². The number of rotatable bonds is 4. The van der Waals surface area contributed by atoms with E-state index in [1.165, 1.54) is 10.9 Å². The van der Waals surface area contributed by atoms with Gasteiger partial charge in [-0.3, -0.25) is 19.6 Å². The summed E-state index contributed by atoms with van der Waals surface area (Å²) in [5.41, 5.74) is -0.648. The molecule has 1 amide bonds. The highest BCUT2D eigenvalue weighted by atomic mass is 16.6. The Kier molecular flexibility index (Phi) is 2.72. The van der Waals surface area contributed by atoms with Crippen LogP contribution in [0.2, 0.25) is 0 Å². The number of carbonyl (C=O) groups is 1. The number of nitrogens with zero attached hydrogens (tertiary/aromatic N) is 4. The topological polar surface area (TPSA) is 90.5 Å². The lowest BCUT2D eigenvalue weighted by Crippen LogP contribution is -2.68. The number of carbonyl (C=O) groups excluding carboxylic acids is 1. The van der Waals surface area contributed by atoms with Crippen LogP contribution in [0.25, 0.3) is 0 Å². The van der Waals surface area contributed by atoms with Crippen LogP contribution < -0.4 is 4.74 Å². The summed E-state index contributed by atoms with van der Waals surface area (Å²) in [6, 6.07) is 0. The highest BCUT2D eigenvalue weighted by molar-refractivity contribution is 5.52. The molecule has 0 aliphatic carbocycles. The van der Waals surface area contributed by atoms with E-state index in [1.807, 2.05) is 13.8 Å². The minimum absolute atomic E-state index is 0.00822. The van der Waals surface area contributed by atoms with E-state index in [1.54, 1.807) is 11.9 Å². The number of aromatic nitrogens is 2. The first kappa shape index (κ1) is 12.3. The van der Waals surface area contributed by atoms with E-state index in [4.69, 9.17) is 4.74 Å². The van der Waals surface area contributed by atoms with Gasteiger partial charge < -0.3 is 9.64 Å². The van der Waals surface area contributed by atoms with E-state index in [0.29, 0.717) is 6.54 Å². The van der Waals surface area contributed by atoms with Crippen molar-refractivity contribution in [3.63, 3.8) is 0 Å². The van der Waals surface area contributed by atoms with Gasteiger partial charge in [0, 0.05) is 7.05 Å². The maximum atomic E-state index is 10.8. The van der Waals surface area contributed by atoms with Gasteiger partial charge in [-0.25, -0.2) is 0 Å². The maximum absolute atomic E-state index is 10.8. The second-order valence-electron chi connectivity index (χ2n) is 4.77. The molecule has 0 bridgehead atoms. The van der Waals surface area contributed by atoms with Crippen LogP contribution in [-0.2, 0) is 11.8 Å². The predicted molar refractivity (Wildman–Crippen MR) is 61.1 cm³/mol. The third-order valence-corrected chi connectivity index (χ3v) is 3.25. The van der Waals surface area contributed by atoms with E-state index >= 15 is 0 Å². The summed E-state index contributed by atoms with van der Waals surface area (Å²) >= 11 is 0. The van der Waals surface area contributed by atoms with Crippen LogP contribution in [0, 0.1) is 10.1 Å². The van der Waals surface area contributed by atoms with Gasteiger partial charge in [0.25, 0.3) is 0 Å². The minimum atomic E-state index is -0.536. The van der Waals surface area contributed by atoms with Gasteiger partial charge in [0.05, 0.1) is 17.0 Å². The van der Waals surface area contributed by atoms with Crippen LogP contribution in [0.5, 0.6) is 5.88 Å². The molecule has 18 heavy (non-hydrogen) atoms. The molecule has 1 fully saturated rings. The zero-order valence-electron chi connectivity index (χ0n) is 10.4. The zero-order valence-corrected chi connectivity index (χ0v) is 10.4. The van der Waals surface area contributed by atoms with Gasteiger partial charge in [-0.05, 0) is 13.8 Å². The molecule has 1 unspecified atom stereocenters. The second-order valence-corrected chi connectivity index (χ2v) is 4.77. The van der Waals surface area contributed by atoms with Gasteiger partial charge >= 0.3 is 11.6 Å². The molecule has 2 heterocycles. The fourth-order valence-corrected chi connectivity index (χ4v) is 1.87. The quantitative estimate of drug-likeness (QED) is 0.438. The Hall–Kier alpha value is -2.12. The molecule has 0 radical (unpaired) electrons. The first-order chi connectivity index (χ1) is 8.36. The molecule has 98 valence electrons. The molecule has 8 heteroatoms. The van der Waals surface area contributed by atoms with Crippen molar-refractivity contribution in [1.82, 2.24) is 14.7 Å². The highest BCUT2D eigenvalue weighted by Crippen LogP contribution is 2.34. The van der Waals surface area contributed by atoms with Crippen LogP contribution in [-0.4, -0.2) is 44.2 Å². The number of aryl methyl sites for hydroxylation is 1. The Bertz CT molecular complexity index is 496. The smallest absolute Gasteiger partial charge is 0.350 e. The van der Waals surface area contributed by atoms with Crippen molar-refractivity contribution in [2.24, 2.45) is 7.05 Å². The van der Waals surface area contributed by atoms with E-state index in [9.17, 15) is 14.9 Å². The number of likely N-dealkylation sites (tertiary alicyclic amines) is 1. The van der Waals surface area contributed by atoms with E-state index in [2.05, 4.69) is 5.10 Å². The molecule has 2 rings (SSSR count). The van der Waals surface area contributed by atoms with Crippen LogP contribution in [0.15, 0.2) is 6.20 Å². The lowest BCUT2D eigenvalue weighted by molar-refractivity contribution is -0.386. The van der Waals surface area contributed by atoms with Crippen molar-refractivity contribution in [2.45, 2.75) is 25.5 Å². The Morgan fingerprint density at radius 3 is 2.83 bits per heavy atom. The molecule has 0 saturated carbocycles. The molecule has 1 aliphatic rings. The van der Waals surface area contributed by atoms with Crippen molar-refractivity contribution in [2.75, 3.05) is 6.54 Å². The average Bonchev–Trinajstić information content (AvgIpc) is 2.65. The zero-order chi connectivity index (χ0) is 13.5. The van der Waals surface area contributed by atoms with E-state index in [0.717, 1.165) is 6.41 Å². The molecule has 1 aliphatic heterocycles. The Morgan fingerprint density at radius 2 is 2.33 bits per heavy atom. The lowest BCUT2D eigenvalue weighted by atomic mass is 9.86. The number of hydrogen-bond donors (Lipinski definition) is 0. The minimum Gasteiger partial charge on any atom is -0.464 e. The van der Waals surface area contributed by atoms with E-state index < -0.39 is 10.5 Å². The summed E-state index contributed by atoms with van der Waals surface area (Å²) in [4.78, 5) is 22.6. The summed E-state index contributed by atoms with van der Waals surface area (Å²) < 4.78 is 6.87. The molecule has 1 aromatic rings. The van der Waals surface area contributed by atoms with Gasteiger partial charge in [0.2, 0.25) is 6.41 Å². The van der Waals surface area contributed by atoms with Gasteiger partial charge in [-0.15, -0.1) is 5.10 Å². The SMILES string of the molecule is Cn1cc([N+](=O)[O-])c(OC2CN(C=O)C2(C)C)n1. The Balaban J connectivity index is 2.16. The Labute approximate surface area is 103 Å². The number of amides is 1. The molecule has 1 saturated heterocycles. The van der Waals surface area contributed by atoms with Crippen molar-refractivity contribution in [3.05, 3.63) is 16.3 Å². The van der Waals surface area contributed by atoms with Crippen LogP contribution >= 0.6 is 0 Å². The summed E-state index contributed by atoms with van der Waals surface area (Å²) in [6.07, 6.45) is 1.74. The number of hydrogen-bond acceptors (Lipinski definition) is 5. The molecule has 8 nitrogen and oxygen atoms in total. The maximum Gasteiger partial charge on any atom is 0.350 e. The van der Waals surface area contributed by atoms with Crippen molar-refractivity contribution in [1.29, 1.82) is 0 Å². The molecule has 1 aromatic heterocycles. The van der Waals surface area contributed by atoms with Gasteiger partial charge in [-0.2, -0.15) is 0 Å². The number of nitro groups is 1. The monoisotopic (exact) mass is 254 g/mol. The summed E-state index contributed by atoms with van der Waals surface area (Å²) in [5, 5.41) is 14.7. The molecule has 1 atom stereocenters. The lowest BCUT2D eigenvalue weighted by Gasteiger charge is -2.51. The second kappa shape index (κ2) is 3.97.